The maximum Gasteiger partial charge on any atom is 0.223 e. The van der Waals surface area contributed by atoms with E-state index in [1.807, 2.05) is 45.0 Å². The number of rotatable bonds is 3. The van der Waals surface area contributed by atoms with Crippen LogP contribution in [0.4, 0.5) is 0 Å². The SMILES string of the molecule is CC(C)C(=O)NC(C)c1ccc(Cl)cc1. The molecule has 82 valence electrons. The molecular formula is C12H16ClNO. The molecule has 1 aromatic carbocycles. The van der Waals surface area contributed by atoms with E-state index in [-0.39, 0.29) is 17.9 Å². The van der Waals surface area contributed by atoms with Gasteiger partial charge in [-0.3, -0.25) is 4.79 Å². The lowest BCUT2D eigenvalue weighted by atomic mass is 10.1. The third kappa shape index (κ3) is 3.56. The highest BCUT2D eigenvalue weighted by atomic mass is 35.5. The molecule has 15 heavy (non-hydrogen) atoms. The summed E-state index contributed by atoms with van der Waals surface area (Å²) >= 11 is 5.79. The minimum Gasteiger partial charge on any atom is -0.349 e. The zero-order valence-corrected chi connectivity index (χ0v) is 10.0. The van der Waals surface area contributed by atoms with Gasteiger partial charge in [-0.2, -0.15) is 0 Å². The summed E-state index contributed by atoms with van der Waals surface area (Å²) in [5, 5.41) is 3.64. The van der Waals surface area contributed by atoms with Gasteiger partial charge in [-0.1, -0.05) is 37.6 Å². The number of halogens is 1. The van der Waals surface area contributed by atoms with Gasteiger partial charge in [-0.25, -0.2) is 0 Å². The van der Waals surface area contributed by atoms with E-state index in [9.17, 15) is 4.79 Å². The number of hydrogen-bond donors (Lipinski definition) is 1. The predicted molar refractivity (Wildman–Crippen MR) is 62.8 cm³/mol. The van der Waals surface area contributed by atoms with E-state index in [0.29, 0.717) is 5.02 Å². The van der Waals surface area contributed by atoms with Crippen molar-refractivity contribution in [3.8, 4) is 0 Å². The molecule has 0 aliphatic carbocycles. The fourth-order valence-electron chi connectivity index (χ4n) is 1.21. The Kier molecular flexibility index (Phi) is 4.15. The molecule has 3 heteroatoms. The van der Waals surface area contributed by atoms with Gasteiger partial charge in [0, 0.05) is 10.9 Å². The number of carbonyl (C=O) groups is 1. The summed E-state index contributed by atoms with van der Waals surface area (Å²) in [6, 6.07) is 7.53. The fourth-order valence-corrected chi connectivity index (χ4v) is 1.34. The van der Waals surface area contributed by atoms with Gasteiger partial charge in [-0.15, -0.1) is 0 Å². The van der Waals surface area contributed by atoms with Crippen molar-refractivity contribution in [3.63, 3.8) is 0 Å². The minimum atomic E-state index is 0.0137. The highest BCUT2D eigenvalue weighted by molar-refractivity contribution is 6.30. The molecule has 0 bridgehead atoms. The molecule has 0 aliphatic rings. The second kappa shape index (κ2) is 5.17. The summed E-state index contributed by atoms with van der Waals surface area (Å²) in [4.78, 5) is 11.5. The maximum absolute atomic E-state index is 11.5. The van der Waals surface area contributed by atoms with Crippen molar-refractivity contribution in [2.24, 2.45) is 5.92 Å². The first-order valence-electron chi connectivity index (χ1n) is 5.06. The molecule has 0 saturated carbocycles. The average molecular weight is 226 g/mol. The van der Waals surface area contributed by atoms with Gasteiger partial charge < -0.3 is 5.32 Å². The molecule has 0 aromatic heterocycles. The zero-order chi connectivity index (χ0) is 11.4. The molecule has 0 radical (unpaired) electrons. The Morgan fingerprint density at radius 1 is 1.20 bits per heavy atom. The largest absolute Gasteiger partial charge is 0.349 e. The Bertz CT molecular complexity index is 332. The first-order valence-corrected chi connectivity index (χ1v) is 5.44. The molecule has 0 aliphatic heterocycles. The van der Waals surface area contributed by atoms with E-state index >= 15 is 0 Å². The van der Waals surface area contributed by atoms with Crippen LogP contribution in [0.5, 0.6) is 0 Å². The molecule has 1 aromatic rings. The van der Waals surface area contributed by atoms with Crippen molar-refractivity contribution in [1.29, 1.82) is 0 Å². The monoisotopic (exact) mass is 225 g/mol. The lowest BCUT2D eigenvalue weighted by molar-refractivity contribution is -0.124. The van der Waals surface area contributed by atoms with Gasteiger partial charge >= 0.3 is 0 Å². The van der Waals surface area contributed by atoms with Crippen LogP contribution in [0.15, 0.2) is 24.3 Å². The topological polar surface area (TPSA) is 29.1 Å². The summed E-state index contributed by atoms with van der Waals surface area (Å²) in [5.74, 6) is 0.0807. The standard InChI is InChI=1S/C12H16ClNO/c1-8(2)12(15)14-9(3)10-4-6-11(13)7-5-10/h4-9H,1-3H3,(H,14,15). The highest BCUT2D eigenvalue weighted by Crippen LogP contribution is 2.16. The highest BCUT2D eigenvalue weighted by Gasteiger charge is 2.11. The number of nitrogens with one attached hydrogen (secondary N) is 1. The number of carbonyl (C=O) groups excluding carboxylic acids is 1. The van der Waals surface area contributed by atoms with Crippen LogP contribution in [0.25, 0.3) is 0 Å². The lowest BCUT2D eigenvalue weighted by Gasteiger charge is -2.15. The Balaban J connectivity index is 2.65. The van der Waals surface area contributed by atoms with Gasteiger partial charge in [0.15, 0.2) is 0 Å². The van der Waals surface area contributed by atoms with Crippen molar-refractivity contribution in [1.82, 2.24) is 5.32 Å². The van der Waals surface area contributed by atoms with E-state index in [0.717, 1.165) is 5.56 Å². The van der Waals surface area contributed by atoms with Crippen molar-refractivity contribution in [3.05, 3.63) is 34.9 Å². The second-order valence-corrected chi connectivity index (χ2v) is 4.37. The summed E-state index contributed by atoms with van der Waals surface area (Å²) in [7, 11) is 0. The molecule has 2 nitrogen and oxygen atoms in total. The van der Waals surface area contributed by atoms with Crippen LogP contribution in [-0.2, 0) is 4.79 Å². The Morgan fingerprint density at radius 2 is 1.73 bits per heavy atom. The van der Waals surface area contributed by atoms with Crippen molar-refractivity contribution < 1.29 is 4.79 Å². The van der Waals surface area contributed by atoms with E-state index < -0.39 is 0 Å². The Hall–Kier alpha value is -1.02. The quantitative estimate of drug-likeness (QED) is 0.841. The van der Waals surface area contributed by atoms with Crippen LogP contribution in [0.3, 0.4) is 0 Å². The van der Waals surface area contributed by atoms with E-state index in [4.69, 9.17) is 11.6 Å². The maximum atomic E-state index is 11.5. The summed E-state index contributed by atoms with van der Waals surface area (Å²) < 4.78 is 0. The Labute approximate surface area is 95.6 Å². The van der Waals surface area contributed by atoms with Gasteiger partial charge in [0.05, 0.1) is 6.04 Å². The number of amides is 1. The normalized spacial score (nSPS) is 12.6. The van der Waals surface area contributed by atoms with Crippen LogP contribution < -0.4 is 5.32 Å². The molecule has 0 fully saturated rings. The molecule has 1 N–H and O–H groups in total. The first kappa shape index (κ1) is 12.1. The summed E-state index contributed by atoms with van der Waals surface area (Å²) in [5.41, 5.74) is 1.06. The third-order valence-electron chi connectivity index (χ3n) is 2.25. The van der Waals surface area contributed by atoms with Crippen LogP contribution in [0.2, 0.25) is 5.02 Å². The summed E-state index contributed by atoms with van der Waals surface area (Å²) in [6.45, 7) is 5.72. The number of hydrogen-bond acceptors (Lipinski definition) is 1. The van der Waals surface area contributed by atoms with E-state index in [1.54, 1.807) is 0 Å². The van der Waals surface area contributed by atoms with Crippen molar-refractivity contribution in [2.75, 3.05) is 0 Å². The van der Waals surface area contributed by atoms with Crippen molar-refractivity contribution >= 4 is 17.5 Å². The van der Waals surface area contributed by atoms with Gasteiger partial charge in [-0.05, 0) is 24.6 Å². The molecule has 1 rings (SSSR count). The summed E-state index contributed by atoms with van der Waals surface area (Å²) in [6.07, 6.45) is 0. The second-order valence-electron chi connectivity index (χ2n) is 3.94. The minimum absolute atomic E-state index is 0.0137. The van der Waals surface area contributed by atoms with Crippen molar-refractivity contribution in [2.45, 2.75) is 26.8 Å². The lowest BCUT2D eigenvalue weighted by Crippen LogP contribution is -2.30. The molecular weight excluding hydrogens is 210 g/mol. The smallest absolute Gasteiger partial charge is 0.223 e. The molecule has 1 amide bonds. The van der Waals surface area contributed by atoms with Crippen LogP contribution in [0.1, 0.15) is 32.4 Å². The first-order chi connectivity index (χ1) is 7.00. The third-order valence-corrected chi connectivity index (χ3v) is 2.51. The van der Waals surface area contributed by atoms with Crippen LogP contribution in [0, 0.1) is 5.92 Å². The van der Waals surface area contributed by atoms with E-state index in [2.05, 4.69) is 5.32 Å². The van der Waals surface area contributed by atoms with Crippen LogP contribution in [-0.4, -0.2) is 5.91 Å². The molecule has 0 saturated heterocycles. The van der Waals surface area contributed by atoms with Gasteiger partial charge in [0.1, 0.15) is 0 Å². The fraction of sp³-hybridized carbons (Fsp3) is 0.417. The number of benzene rings is 1. The van der Waals surface area contributed by atoms with Crippen LogP contribution >= 0.6 is 11.6 Å². The molecule has 0 spiro atoms. The Morgan fingerprint density at radius 3 is 2.20 bits per heavy atom. The van der Waals surface area contributed by atoms with Gasteiger partial charge in [0.2, 0.25) is 5.91 Å². The molecule has 0 heterocycles. The van der Waals surface area contributed by atoms with E-state index in [1.165, 1.54) is 0 Å². The zero-order valence-electron chi connectivity index (χ0n) is 9.25. The predicted octanol–water partition coefficient (Wildman–Crippen LogP) is 3.17. The van der Waals surface area contributed by atoms with Gasteiger partial charge in [0.25, 0.3) is 0 Å². The molecule has 1 atom stereocenters. The average Bonchev–Trinajstić information content (AvgIpc) is 2.18. The molecule has 1 unspecified atom stereocenters.